The lowest BCUT2D eigenvalue weighted by Crippen LogP contribution is -1.93. The number of hydrogen-bond donors (Lipinski definition) is 1. The summed E-state index contributed by atoms with van der Waals surface area (Å²) in [7, 11) is 2.40. The van der Waals surface area contributed by atoms with Crippen LogP contribution in [0.5, 0.6) is 0 Å². The number of benzene rings is 1. The second-order valence-electron chi connectivity index (χ2n) is 3.59. The molecule has 0 bridgehead atoms. The number of nitro groups is 1. The van der Waals surface area contributed by atoms with E-state index in [2.05, 4.69) is 36.4 Å². The number of nitrogens with zero attached hydrogens (tertiary/aromatic N) is 3. The van der Waals surface area contributed by atoms with E-state index in [9.17, 15) is 10.1 Å². The maximum Gasteiger partial charge on any atom is 0.281 e. The van der Waals surface area contributed by atoms with Crippen molar-refractivity contribution in [3.05, 3.63) is 39.8 Å². The highest BCUT2D eigenvalue weighted by Crippen LogP contribution is 2.35. The van der Waals surface area contributed by atoms with Crippen LogP contribution in [0.4, 0.5) is 5.69 Å². The van der Waals surface area contributed by atoms with Crippen LogP contribution in [0.1, 0.15) is 5.56 Å². The second-order valence-corrected chi connectivity index (χ2v) is 5.97. The highest BCUT2D eigenvalue weighted by molar-refractivity contribution is 14.2. The Hall–Kier alpha value is -0.910. The Kier molecular flexibility index (Phi) is 4.60. The molecule has 6 nitrogen and oxygen atoms in total. The second kappa shape index (κ2) is 6.03. The Morgan fingerprint density at radius 2 is 2.37 bits per heavy atom. The average Bonchev–Trinajstić information content (AvgIpc) is 2.82. The summed E-state index contributed by atoms with van der Waals surface area (Å²) in [6.07, 6.45) is 3.04. The maximum absolute atomic E-state index is 11.2. The smallest absolute Gasteiger partial charge is 0.281 e. The van der Waals surface area contributed by atoms with E-state index in [-0.39, 0.29) is 5.69 Å². The van der Waals surface area contributed by atoms with Crippen molar-refractivity contribution in [2.45, 2.75) is 0 Å². The van der Waals surface area contributed by atoms with Gasteiger partial charge in [-0.15, -0.1) is 9.24 Å². The fraction of sp³-hybridized carbons (Fsp3) is 0. The Morgan fingerprint density at radius 1 is 1.63 bits per heavy atom. The fourth-order valence-corrected chi connectivity index (χ4v) is 3.54. The SMILES string of the molecule is N=C/C(=C\P)c1cc([N+](=O)[O-])c2cnn(PI)c2c1. The van der Waals surface area contributed by atoms with Gasteiger partial charge in [-0.3, -0.25) is 10.1 Å². The van der Waals surface area contributed by atoms with Crippen LogP contribution < -0.4 is 0 Å². The molecular weight excluding hydrogens is 397 g/mol. The van der Waals surface area contributed by atoms with Gasteiger partial charge in [0.1, 0.15) is 0 Å². The van der Waals surface area contributed by atoms with Crippen LogP contribution >= 0.6 is 37.7 Å². The first-order chi connectivity index (χ1) is 9.12. The number of aromatic nitrogens is 2. The summed E-state index contributed by atoms with van der Waals surface area (Å²) >= 11 is 2.17. The molecule has 98 valence electrons. The van der Waals surface area contributed by atoms with Crippen molar-refractivity contribution in [2.75, 3.05) is 0 Å². The average molecular weight is 406 g/mol. The predicted molar refractivity (Wildman–Crippen MR) is 90.6 cm³/mol. The van der Waals surface area contributed by atoms with Gasteiger partial charge in [0, 0.05) is 12.3 Å². The van der Waals surface area contributed by atoms with Crippen molar-refractivity contribution >= 4 is 66.0 Å². The van der Waals surface area contributed by atoms with Gasteiger partial charge in [0.25, 0.3) is 5.69 Å². The zero-order valence-corrected chi connectivity index (χ0v) is 13.8. The number of halogens is 1. The Morgan fingerprint density at radius 3 is 2.89 bits per heavy atom. The van der Waals surface area contributed by atoms with Crippen LogP contribution in [0.3, 0.4) is 0 Å². The fourth-order valence-electron chi connectivity index (χ4n) is 1.72. The van der Waals surface area contributed by atoms with Crippen molar-refractivity contribution < 1.29 is 4.92 Å². The lowest BCUT2D eigenvalue weighted by atomic mass is 10.1. The molecule has 0 aliphatic carbocycles. The molecule has 1 aromatic heterocycles. The maximum atomic E-state index is 11.2. The topological polar surface area (TPSA) is 84.8 Å². The van der Waals surface area contributed by atoms with E-state index < -0.39 is 4.92 Å². The van der Waals surface area contributed by atoms with Crippen LogP contribution in [0.15, 0.2) is 24.1 Å². The first-order valence-corrected chi connectivity index (χ1v) is 9.80. The number of allylic oxidation sites excluding steroid dienone is 1. The largest absolute Gasteiger partial charge is 0.308 e. The number of nitrogens with one attached hydrogen (secondary N) is 1. The molecule has 19 heavy (non-hydrogen) atoms. The van der Waals surface area contributed by atoms with Gasteiger partial charge in [0.2, 0.25) is 0 Å². The lowest BCUT2D eigenvalue weighted by Gasteiger charge is -2.04. The summed E-state index contributed by atoms with van der Waals surface area (Å²) in [5, 5.41) is 23.2. The number of non-ortho nitro benzene ring substituents is 1. The van der Waals surface area contributed by atoms with Crippen molar-refractivity contribution in [1.29, 1.82) is 5.41 Å². The highest BCUT2D eigenvalue weighted by Gasteiger charge is 2.18. The standard InChI is InChI=1S/C10H9IN4O2P2/c11-19-14-9-1-6(7(3-12)5-18)2-10(15(16)17)8(9)4-13-14/h1-5,12,19H,18H2/b7-5+,12-3?. The number of nitro benzene ring substituents is 1. The van der Waals surface area contributed by atoms with E-state index >= 15 is 0 Å². The van der Waals surface area contributed by atoms with Crippen LogP contribution in [0, 0.1) is 15.5 Å². The summed E-state index contributed by atoms with van der Waals surface area (Å²) in [4.78, 5) is 10.7. The van der Waals surface area contributed by atoms with Crippen LogP contribution in [0.25, 0.3) is 16.5 Å². The van der Waals surface area contributed by atoms with E-state index in [1.54, 1.807) is 10.3 Å². The molecule has 0 aliphatic heterocycles. The zero-order chi connectivity index (χ0) is 14.0. The quantitative estimate of drug-likeness (QED) is 0.277. The van der Waals surface area contributed by atoms with Crippen molar-refractivity contribution in [3.63, 3.8) is 0 Å². The summed E-state index contributed by atoms with van der Waals surface area (Å²) in [6, 6.07) is 3.30. The summed E-state index contributed by atoms with van der Waals surface area (Å²) < 4.78 is 1.72. The molecular formula is C10H9IN4O2P2. The molecule has 2 aromatic rings. The van der Waals surface area contributed by atoms with E-state index in [4.69, 9.17) is 5.41 Å². The van der Waals surface area contributed by atoms with E-state index in [1.807, 2.05) is 6.07 Å². The molecule has 0 radical (unpaired) electrons. The molecule has 1 N–H and O–H groups in total. The molecule has 1 aromatic carbocycles. The summed E-state index contributed by atoms with van der Waals surface area (Å²) in [5.41, 5.74) is 1.97. The Bertz CT molecular complexity index is 698. The van der Waals surface area contributed by atoms with Gasteiger partial charge in [0.05, 0.1) is 28.4 Å². The predicted octanol–water partition coefficient (Wildman–Crippen LogP) is 3.60. The van der Waals surface area contributed by atoms with Gasteiger partial charge >= 0.3 is 0 Å². The van der Waals surface area contributed by atoms with Crippen LogP contribution in [-0.4, -0.2) is 20.7 Å². The number of rotatable bonds is 4. The van der Waals surface area contributed by atoms with E-state index in [0.29, 0.717) is 28.4 Å². The number of hydrogen-bond acceptors (Lipinski definition) is 4. The van der Waals surface area contributed by atoms with Crippen molar-refractivity contribution in [2.24, 2.45) is 0 Å². The molecule has 1 heterocycles. The third kappa shape index (κ3) is 2.68. The molecule has 0 fully saturated rings. The summed E-state index contributed by atoms with van der Waals surface area (Å²) in [5.74, 6) is 1.67. The molecule has 0 saturated carbocycles. The minimum atomic E-state index is -0.418. The Labute approximate surface area is 125 Å². The highest BCUT2D eigenvalue weighted by atomic mass is 127. The van der Waals surface area contributed by atoms with Crippen LogP contribution in [-0.2, 0) is 0 Å². The molecule has 0 saturated heterocycles. The molecule has 2 unspecified atom stereocenters. The number of fused-ring (bicyclic) bond motifs is 1. The third-order valence-electron chi connectivity index (χ3n) is 2.61. The van der Waals surface area contributed by atoms with Gasteiger partial charge in [-0.2, -0.15) is 5.10 Å². The van der Waals surface area contributed by atoms with E-state index in [1.165, 1.54) is 18.5 Å². The first-order valence-electron chi connectivity index (χ1n) is 5.08. The molecule has 0 aliphatic rings. The molecule has 2 rings (SSSR count). The van der Waals surface area contributed by atoms with Gasteiger partial charge in [-0.05, 0) is 39.2 Å². The van der Waals surface area contributed by atoms with Crippen LogP contribution in [0.2, 0.25) is 0 Å². The minimum Gasteiger partial charge on any atom is -0.308 e. The van der Waals surface area contributed by atoms with Gasteiger partial charge in [-0.1, -0.05) is 5.82 Å². The first kappa shape index (κ1) is 14.5. The van der Waals surface area contributed by atoms with E-state index in [0.717, 1.165) is 0 Å². The molecule has 2 atom stereocenters. The normalized spacial score (nSPS) is 12.4. The van der Waals surface area contributed by atoms with Gasteiger partial charge in [0.15, 0.2) is 0 Å². The van der Waals surface area contributed by atoms with Gasteiger partial charge in [-0.25, -0.2) is 4.45 Å². The minimum absolute atomic E-state index is 0.0135. The molecule has 0 amide bonds. The zero-order valence-electron chi connectivity index (χ0n) is 9.50. The monoisotopic (exact) mass is 406 g/mol. The third-order valence-corrected chi connectivity index (χ3v) is 4.86. The van der Waals surface area contributed by atoms with Crippen molar-refractivity contribution in [3.8, 4) is 0 Å². The van der Waals surface area contributed by atoms with Gasteiger partial charge < -0.3 is 5.41 Å². The molecule has 9 heteroatoms. The molecule has 0 spiro atoms. The lowest BCUT2D eigenvalue weighted by molar-refractivity contribution is -0.383. The van der Waals surface area contributed by atoms with Crippen molar-refractivity contribution in [1.82, 2.24) is 9.55 Å². The summed E-state index contributed by atoms with van der Waals surface area (Å²) in [6.45, 7) is 0. The Balaban J connectivity index is 2.81.